The number of benzene rings is 3. The average molecular weight is 334 g/mol. The summed E-state index contributed by atoms with van der Waals surface area (Å²) in [4.78, 5) is 0. The average Bonchev–Trinajstić information content (AvgIpc) is 2.62. The molecule has 0 radical (unpaired) electrons. The molecule has 0 saturated heterocycles. The highest BCUT2D eigenvalue weighted by molar-refractivity contribution is 7.93. The Morgan fingerprint density at radius 2 is 1.21 bits per heavy atom. The molecular weight excluding hydrogens is 316 g/mol. The van der Waals surface area contributed by atoms with Crippen LogP contribution in [0.2, 0.25) is 0 Å². The van der Waals surface area contributed by atoms with Gasteiger partial charge in [-0.2, -0.15) is 0 Å². The standard InChI is InChI=1S/C21H18O2S/c22-24(23,17-19-7-3-1-4-8-19)16-15-18-11-13-21(14-12-18)20-9-5-2-6-10-20/h1-16H,17H2/b16-15+. The Bertz CT molecular complexity index is 911. The maximum atomic E-state index is 12.2. The maximum Gasteiger partial charge on any atom is 0.175 e. The predicted molar refractivity (Wildman–Crippen MR) is 100.0 cm³/mol. The zero-order valence-electron chi connectivity index (χ0n) is 13.2. The van der Waals surface area contributed by atoms with Crippen molar-refractivity contribution in [1.29, 1.82) is 0 Å². The van der Waals surface area contributed by atoms with E-state index in [1.165, 1.54) is 5.41 Å². The summed E-state index contributed by atoms with van der Waals surface area (Å²) in [7, 11) is -3.28. The monoisotopic (exact) mass is 334 g/mol. The highest BCUT2D eigenvalue weighted by Crippen LogP contribution is 2.20. The van der Waals surface area contributed by atoms with Gasteiger partial charge in [0, 0.05) is 5.41 Å². The second-order valence-electron chi connectivity index (χ2n) is 5.58. The molecule has 3 aromatic rings. The third-order valence-corrected chi connectivity index (χ3v) is 4.98. The summed E-state index contributed by atoms with van der Waals surface area (Å²) < 4.78 is 24.3. The van der Waals surface area contributed by atoms with Gasteiger partial charge in [0.15, 0.2) is 9.84 Å². The summed E-state index contributed by atoms with van der Waals surface area (Å²) in [6, 6.07) is 27.1. The third kappa shape index (κ3) is 4.43. The Hall–Kier alpha value is -2.65. The zero-order chi connectivity index (χ0) is 16.8. The van der Waals surface area contributed by atoms with Gasteiger partial charge in [-0.1, -0.05) is 84.9 Å². The van der Waals surface area contributed by atoms with Crippen molar-refractivity contribution in [3.63, 3.8) is 0 Å². The number of rotatable bonds is 5. The van der Waals surface area contributed by atoms with Crippen molar-refractivity contribution in [2.24, 2.45) is 0 Å². The lowest BCUT2D eigenvalue weighted by Crippen LogP contribution is -1.99. The molecule has 0 heterocycles. The quantitative estimate of drug-likeness (QED) is 0.662. The lowest BCUT2D eigenvalue weighted by atomic mass is 10.0. The molecule has 3 aromatic carbocycles. The van der Waals surface area contributed by atoms with Crippen LogP contribution in [0.1, 0.15) is 11.1 Å². The topological polar surface area (TPSA) is 34.1 Å². The van der Waals surface area contributed by atoms with Crippen LogP contribution in [0.4, 0.5) is 0 Å². The van der Waals surface area contributed by atoms with E-state index >= 15 is 0 Å². The highest BCUT2D eigenvalue weighted by Gasteiger charge is 2.07. The van der Waals surface area contributed by atoms with E-state index in [1.54, 1.807) is 6.08 Å². The van der Waals surface area contributed by atoms with E-state index in [1.807, 2.05) is 72.8 Å². The van der Waals surface area contributed by atoms with Gasteiger partial charge < -0.3 is 0 Å². The van der Waals surface area contributed by atoms with Gasteiger partial charge in [0.25, 0.3) is 0 Å². The SMILES string of the molecule is O=S(=O)(/C=C/c1ccc(-c2ccccc2)cc1)Cc1ccccc1. The Balaban J connectivity index is 1.72. The molecule has 0 aromatic heterocycles. The number of hydrogen-bond donors (Lipinski definition) is 0. The minimum absolute atomic E-state index is 0.0203. The minimum Gasteiger partial charge on any atom is -0.224 e. The number of sulfone groups is 1. The van der Waals surface area contributed by atoms with Crippen LogP contribution in [0.15, 0.2) is 90.3 Å². The second kappa shape index (κ2) is 7.28. The summed E-state index contributed by atoms with van der Waals surface area (Å²) in [5.41, 5.74) is 3.91. The lowest BCUT2D eigenvalue weighted by molar-refractivity contribution is 0.604. The summed E-state index contributed by atoms with van der Waals surface area (Å²) in [5, 5.41) is 1.29. The first-order valence-electron chi connectivity index (χ1n) is 7.73. The fraction of sp³-hybridized carbons (Fsp3) is 0.0476. The van der Waals surface area contributed by atoms with Crippen LogP contribution >= 0.6 is 0 Å². The zero-order valence-corrected chi connectivity index (χ0v) is 14.0. The van der Waals surface area contributed by atoms with Crippen LogP contribution in [0.5, 0.6) is 0 Å². The second-order valence-corrected chi connectivity index (χ2v) is 7.47. The fourth-order valence-electron chi connectivity index (χ4n) is 2.45. The van der Waals surface area contributed by atoms with Crippen LogP contribution in [0, 0.1) is 0 Å². The van der Waals surface area contributed by atoms with E-state index in [4.69, 9.17) is 0 Å². The van der Waals surface area contributed by atoms with Crippen LogP contribution < -0.4 is 0 Å². The molecule has 0 fully saturated rings. The molecule has 24 heavy (non-hydrogen) atoms. The molecule has 0 unspecified atom stereocenters. The number of hydrogen-bond acceptors (Lipinski definition) is 2. The molecule has 0 N–H and O–H groups in total. The molecule has 0 aliphatic heterocycles. The molecule has 0 aliphatic rings. The Kier molecular flexibility index (Phi) is 4.92. The van der Waals surface area contributed by atoms with E-state index in [0.29, 0.717) is 0 Å². The van der Waals surface area contributed by atoms with Crippen LogP contribution in [-0.4, -0.2) is 8.42 Å². The Morgan fingerprint density at radius 1 is 0.667 bits per heavy atom. The molecule has 0 amide bonds. The van der Waals surface area contributed by atoms with E-state index in [9.17, 15) is 8.42 Å². The van der Waals surface area contributed by atoms with Crippen LogP contribution in [0.25, 0.3) is 17.2 Å². The fourth-order valence-corrected chi connectivity index (χ4v) is 3.57. The maximum absolute atomic E-state index is 12.2. The third-order valence-electron chi connectivity index (χ3n) is 3.70. The van der Waals surface area contributed by atoms with Gasteiger partial charge in [-0.25, -0.2) is 8.42 Å². The van der Waals surface area contributed by atoms with Gasteiger partial charge >= 0.3 is 0 Å². The normalized spacial score (nSPS) is 11.7. The van der Waals surface area contributed by atoms with Gasteiger partial charge in [-0.15, -0.1) is 0 Å². The summed E-state index contributed by atoms with van der Waals surface area (Å²) in [6.07, 6.45) is 1.65. The molecule has 3 rings (SSSR count). The smallest absolute Gasteiger partial charge is 0.175 e. The van der Waals surface area contributed by atoms with Crippen molar-refractivity contribution in [3.05, 3.63) is 101 Å². The molecule has 0 spiro atoms. The molecule has 0 saturated carbocycles. The molecule has 0 atom stereocenters. The van der Waals surface area contributed by atoms with Crippen molar-refractivity contribution in [2.45, 2.75) is 5.75 Å². The van der Waals surface area contributed by atoms with E-state index in [2.05, 4.69) is 12.1 Å². The largest absolute Gasteiger partial charge is 0.224 e. The molecule has 3 heteroatoms. The molecule has 120 valence electrons. The summed E-state index contributed by atoms with van der Waals surface area (Å²) in [5.74, 6) is 0.0203. The van der Waals surface area contributed by atoms with E-state index < -0.39 is 9.84 Å². The van der Waals surface area contributed by atoms with Gasteiger partial charge in [0.05, 0.1) is 5.75 Å². The van der Waals surface area contributed by atoms with Crippen molar-refractivity contribution >= 4 is 15.9 Å². The van der Waals surface area contributed by atoms with Crippen molar-refractivity contribution < 1.29 is 8.42 Å². The van der Waals surface area contributed by atoms with Crippen LogP contribution in [-0.2, 0) is 15.6 Å². The van der Waals surface area contributed by atoms with Gasteiger partial charge in [0.1, 0.15) is 0 Å². The van der Waals surface area contributed by atoms with Gasteiger partial charge in [-0.05, 0) is 28.3 Å². The van der Waals surface area contributed by atoms with Crippen molar-refractivity contribution in [2.75, 3.05) is 0 Å². The van der Waals surface area contributed by atoms with Crippen LogP contribution in [0.3, 0.4) is 0 Å². The highest BCUT2D eigenvalue weighted by atomic mass is 32.2. The first-order chi connectivity index (χ1) is 11.6. The predicted octanol–water partition coefficient (Wildman–Crippen LogP) is 4.94. The molecule has 0 bridgehead atoms. The lowest BCUT2D eigenvalue weighted by Gasteiger charge is -2.02. The van der Waals surface area contributed by atoms with E-state index in [0.717, 1.165) is 22.3 Å². The van der Waals surface area contributed by atoms with Gasteiger partial charge in [0.2, 0.25) is 0 Å². The minimum atomic E-state index is -3.28. The van der Waals surface area contributed by atoms with Crippen molar-refractivity contribution in [3.8, 4) is 11.1 Å². The van der Waals surface area contributed by atoms with Crippen molar-refractivity contribution in [1.82, 2.24) is 0 Å². The first kappa shape index (κ1) is 16.2. The van der Waals surface area contributed by atoms with E-state index in [-0.39, 0.29) is 5.75 Å². The molecular formula is C21H18O2S. The molecule has 0 aliphatic carbocycles. The first-order valence-corrected chi connectivity index (χ1v) is 9.44. The molecule has 2 nitrogen and oxygen atoms in total. The summed E-state index contributed by atoms with van der Waals surface area (Å²) >= 11 is 0. The Labute approximate surface area is 143 Å². The Morgan fingerprint density at radius 3 is 1.83 bits per heavy atom. The summed E-state index contributed by atoms with van der Waals surface area (Å²) in [6.45, 7) is 0. The van der Waals surface area contributed by atoms with Gasteiger partial charge in [-0.3, -0.25) is 0 Å².